The van der Waals surface area contributed by atoms with E-state index in [0.717, 1.165) is 24.6 Å². The molecular formula is C15H20N4. The highest BCUT2D eigenvalue weighted by Gasteiger charge is 2.33. The Morgan fingerprint density at radius 2 is 2.26 bits per heavy atom. The summed E-state index contributed by atoms with van der Waals surface area (Å²) >= 11 is 0. The van der Waals surface area contributed by atoms with Gasteiger partial charge in [-0.2, -0.15) is 5.26 Å². The normalized spacial score (nSPS) is 22.2. The Kier molecular flexibility index (Phi) is 3.39. The molecule has 2 heterocycles. The van der Waals surface area contributed by atoms with Gasteiger partial charge in [-0.1, -0.05) is 0 Å². The van der Waals surface area contributed by atoms with Crippen LogP contribution in [0.3, 0.4) is 0 Å². The average Bonchev–Trinajstić information content (AvgIpc) is 3.13. The molecule has 0 amide bonds. The van der Waals surface area contributed by atoms with Gasteiger partial charge in [-0.3, -0.25) is 0 Å². The van der Waals surface area contributed by atoms with Gasteiger partial charge in [0.2, 0.25) is 0 Å². The second-order valence-electron chi connectivity index (χ2n) is 5.61. The van der Waals surface area contributed by atoms with E-state index < -0.39 is 0 Å². The fourth-order valence-electron chi connectivity index (χ4n) is 2.79. The molecule has 100 valence electrons. The van der Waals surface area contributed by atoms with Crippen molar-refractivity contribution >= 4 is 5.82 Å². The van der Waals surface area contributed by atoms with E-state index >= 15 is 0 Å². The number of rotatable bonds is 4. The maximum atomic E-state index is 9.29. The molecule has 4 nitrogen and oxygen atoms in total. The van der Waals surface area contributed by atoms with E-state index in [9.17, 15) is 5.26 Å². The first kappa shape index (κ1) is 12.4. The van der Waals surface area contributed by atoms with Crippen LogP contribution in [0.15, 0.2) is 12.1 Å². The Balaban J connectivity index is 1.86. The van der Waals surface area contributed by atoms with E-state index in [1.165, 1.54) is 25.7 Å². The lowest BCUT2D eigenvalue weighted by atomic mass is 10.2. The fraction of sp³-hybridized carbons (Fsp3) is 0.600. The van der Waals surface area contributed by atoms with Gasteiger partial charge in [-0.15, -0.1) is 0 Å². The first-order valence-corrected chi connectivity index (χ1v) is 7.15. The molecule has 1 unspecified atom stereocenters. The van der Waals surface area contributed by atoms with E-state index in [1.54, 1.807) is 0 Å². The second kappa shape index (κ2) is 5.18. The highest BCUT2D eigenvalue weighted by molar-refractivity contribution is 5.56. The van der Waals surface area contributed by atoms with Gasteiger partial charge in [0, 0.05) is 24.3 Å². The molecular weight excluding hydrogens is 236 g/mol. The fourth-order valence-corrected chi connectivity index (χ4v) is 2.79. The van der Waals surface area contributed by atoms with Crippen molar-refractivity contribution in [2.24, 2.45) is 0 Å². The van der Waals surface area contributed by atoms with Crippen molar-refractivity contribution in [2.45, 2.75) is 44.7 Å². The predicted molar refractivity (Wildman–Crippen MR) is 75.1 cm³/mol. The third-order valence-corrected chi connectivity index (χ3v) is 3.97. The Morgan fingerprint density at radius 1 is 1.42 bits per heavy atom. The van der Waals surface area contributed by atoms with Gasteiger partial charge in [0.05, 0.1) is 5.56 Å². The molecule has 0 radical (unpaired) electrons. The van der Waals surface area contributed by atoms with Crippen LogP contribution in [0.5, 0.6) is 0 Å². The van der Waals surface area contributed by atoms with Gasteiger partial charge < -0.3 is 10.2 Å². The molecule has 1 aliphatic carbocycles. The van der Waals surface area contributed by atoms with Crippen LogP contribution in [-0.2, 0) is 0 Å². The zero-order chi connectivity index (χ0) is 13.2. The second-order valence-corrected chi connectivity index (χ2v) is 5.61. The minimum atomic E-state index is 0.550. The number of hydrogen-bond donors (Lipinski definition) is 1. The smallest absolute Gasteiger partial charge is 0.147 e. The molecule has 0 aromatic carbocycles. The number of pyridine rings is 1. The van der Waals surface area contributed by atoms with Crippen LogP contribution in [0, 0.1) is 18.3 Å². The minimum absolute atomic E-state index is 0.550. The van der Waals surface area contributed by atoms with Gasteiger partial charge >= 0.3 is 0 Å². The van der Waals surface area contributed by atoms with Crippen LogP contribution >= 0.6 is 0 Å². The first-order valence-electron chi connectivity index (χ1n) is 7.15. The highest BCUT2D eigenvalue weighted by atomic mass is 15.3. The van der Waals surface area contributed by atoms with Gasteiger partial charge in [-0.25, -0.2) is 4.98 Å². The zero-order valence-corrected chi connectivity index (χ0v) is 11.4. The van der Waals surface area contributed by atoms with Crippen molar-refractivity contribution in [3.05, 3.63) is 23.4 Å². The van der Waals surface area contributed by atoms with Crippen molar-refractivity contribution in [1.82, 2.24) is 10.3 Å². The SMILES string of the molecule is Cc1ccc(C#N)c(N(CC2CCCN2)C2CC2)n1. The standard InChI is InChI=1S/C15H20N4/c1-11-4-5-12(9-16)15(18-11)19(14-6-7-14)10-13-3-2-8-17-13/h4-5,13-14,17H,2-3,6-8,10H2,1H3. The predicted octanol–water partition coefficient (Wildman–Crippen LogP) is 1.98. The molecule has 1 aromatic heterocycles. The number of aryl methyl sites for hydroxylation is 1. The molecule has 0 bridgehead atoms. The summed E-state index contributed by atoms with van der Waals surface area (Å²) in [6.45, 7) is 4.09. The van der Waals surface area contributed by atoms with Crippen LogP contribution in [0.25, 0.3) is 0 Å². The lowest BCUT2D eigenvalue weighted by molar-refractivity contribution is 0.575. The van der Waals surface area contributed by atoms with Crippen LogP contribution < -0.4 is 10.2 Å². The topological polar surface area (TPSA) is 52.0 Å². The van der Waals surface area contributed by atoms with Gasteiger partial charge in [0.15, 0.2) is 0 Å². The third kappa shape index (κ3) is 2.71. The van der Waals surface area contributed by atoms with E-state index in [2.05, 4.69) is 21.3 Å². The van der Waals surface area contributed by atoms with Gasteiger partial charge in [0.25, 0.3) is 0 Å². The Labute approximate surface area is 114 Å². The summed E-state index contributed by atoms with van der Waals surface area (Å²) in [5.74, 6) is 0.888. The largest absolute Gasteiger partial charge is 0.351 e. The number of nitrogens with zero attached hydrogens (tertiary/aromatic N) is 3. The molecule has 1 aliphatic heterocycles. The molecule has 19 heavy (non-hydrogen) atoms. The zero-order valence-electron chi connectivity index (χ0n) is 11.4. The molecule has 1 saturated carbocycles. The molecule has 1 aromatic rings. The van der Waals surface area contributed by atoms with Gasteiger partial charge in [-0.05, 0) is 51.3 Å². The Morgan fingerprint density at radius 3 is 2.89 bits per heavy atom. The molecule has 1 saturated heterocycles. The first-order chi connectivity index (χ1) is 9.28. The summed E-state index contributed by atoms with van der Waals surface area (Å²) in [7, 11) is 0. The lowest BCUT2D eigenvalue weighted by Gasteiger charge is -2.27. The van der Waals surface area contributed by atoms with Crippen molar-refractivity contribution in [2.75, 3.05) is 18.0 Å². The number of anilines is 1. The summed E-state index contributed by atoms with van der Waals surface area (Å²) in [4.78, 5) is 6.98. The molecule has 1 atom stereocenters. The van der Waals surface area contributed by atoms with E-state index in [4.69, 9.17) is 0 Å². The van der Waals surface area contributed by atoms with E-state index in [0.29, 0.717) is 17.6 Å². The molecule has 0 spiro atoms. The Hall–Kier alpha value is -1.60. The Bertz CT molecular complexity index is 495. The molecule has 2 aliphatic rings. The van der Waals surface area contributed by atoms with Gasteiger partial charge in [0.1, 0.15) is 11.9 Å². The summed E-state index contributed by atoms with van der Waals surface area (Å²) in [6, 6.07) is 7.24. The summed E-state index contributed by atoms with van der Waals surface area (Å²) < 4.78 is 0. The van der Waals surface area contributed by atoms with Crippen LogP contribution in [0.4, 0.5) is 5.82 Å². The number of hydrogen-bond acceptors (Lipinski definition) is 4. The number of nitriles is 1. The number of nitrogens with one attached hydrogen (secondary N) is 1. The maximum absolute atomic E-state index is 9.29. The monoisotopic (exact) mass is 256 g/mol. The maximum Gasteiger partial charge on any atom is 0.147 e. The molecule has 1 N–H and O–H groups in total. The van der Waals surface area contributed by atoms with E-state index in [-0.39, 0.29) is 0 Å². The summed E-state index contributed by atoms with van der Waals surface area (Å²) in [5.41, 5.74) is 1.69. The third-order valence-electron chi connectivity index (χ3n) is 3.97. The lowest BCUT2D eigenvalue weighted by Crippen LogP contribution is -2.39. The molecule has 4 heteroatoms. The molecule has 2 fully saturated rings. The highest BCUT2D eigenvalue weighted by Crippen LogP contribution is 2.33. The van der Waals surface area contributed by atoms with E-state index in [1.807, 2.05) is 19.1 Å². The summed E-state index contributed by atoms with van der Waals surface area (Å²) in [5, 5.41) is 12.8. The van der Waals surface area contributed by atoms with Crippen molar-refractivity contribution in [1.29, 1.82) is 5.26 Å². The average molecular weight is 256 g/mol. The van der Waals surface area contributed by atoms with Crippen LogP contribution in [0.1, 0.15) is 36.9 Å². The van der Waals surface area contributed by atoms with Crippen molar-refractivity contribution in [3.63, 3.8) is 0 Å². The summed E-state index contributed by atoms with van der Waals surface area (Å²) in [6.07, 6.45) is 4.95. The van der Waals surface area contributed by atoms with Crippen LogP contribution in [-0.4, -0.2) is 30.2 Å². The minimum Gasteiger partial charge on any atom is -0.351 e. The molecule has 3 rings (SSSR count). The quantitative estimate of drug-likeness (QED) is 0.895. The van der Waals surface area contributed by atoms with Crippen molar-refractivity contribution < 1.29 is 0 Å². The number of aromatic nitrogens is 1. The van der Waals surface area contributed by atoms with Crippen LogP contribution in [0.2, 0.25) is 0 Å². The van der Waals surface area contributed by atoms with Crippen molar-refractivity contribution in [3.8, 4) is 6.07 Å².